The first-order valence-electron chi connectivity index (χ1n) is 16.1. The Kier molecular flexibility index (Phi) is 9.21. The second kappa shape index (κ2) is 12.3. The third kappa shape index (κ3) is 5.69. The van der Waals surface area contributed by atoms with Gasteiger partial charge in [0.25, 0.3) is 0 Å². The summed E-state index contributed by atoms with van der Waals surface area (Å²) in [6.07, 6.45) is -1.06. The van der Waals surface area contributed by atoms with Gasteiger partial charge in [-0.1, -0.05) is 13.8 Å². The second-order valence-corrected chi connectivity index (χ2v) is 14.1. The summed E-state index contributed by atoms with van der Waals surface area (Å²) in [5, 5.41) is 11.9. The Balaban J connectivity index is 1.60. The van der Waals surface area contributed by atoms with Crippen LogP contribution in [0.3, 0.4) is 0 Å². The molecule has 5 rings (SSSR count). The highest BCUT2D eigenvalue weighted by molar-refractivity contribution is 5.84. The fraction of sp³-hybridized carbons (Fsp3) is 0.788. The van der Waals surface area contributed by atoms with Crippen molar-refractivity contribution in [3.63, 3.8) is 0 Å². The van der Waals surface area contributed by atoms with Gasteiger partial charge in [-0.15, -0.1) is 0 Å². The first kappa shape index (κ1) is 35.1. The van der Waals surface area contributed by atoms with Crippen LogP contribution in [0.1, 0.15) is 74.7 Å². The Hall–Kier alpha value is -3.23. The van der Waals surface area contributed by atoms with Crippen molar-refractivity contribution < 1.29 is 67.0 Å². The molecule has 262 valence electrons. The van der Waals surface area contributed by atoms with Crippen LogP contribution >= 0.6 is 0 Å². The number of carbonyl (C=O) groups is 5. The lowest BCUT2D eigenvalue weighted by Crippen LogP contribution is -2.75. The lowest BCUT2D eigenvalue weighted by atomic mass is 9.41. The number of aliphatic hydroxyl groups is 1. The van der Waals surface area contributed by atoms with Gasteiger partial charge in [-0.2, -0.15) is 0 Å². The van der Waals surface area contributed by atoms with Crippen LogP contribution in [-0.4, -0.2) is 96.2 Å². The molecule has 0 amide bonds. The summed E-state index contributed by atoms with van der Waals surface area (Å²) in [6.45, 7) is 11.2. The van der Waals surface area contributed by atoms with Crippen molar-refractivity contribution >= 4 is 29.8 Å². The van der Waals surface area contributed by atoms with E-state index in [1.165, 1.54) is 27.7 Å². The van der Waals surface area contributed by atoms with Gasteiger partial charge in [0.2, 0.25) is 11.9 Å². The summed E-state index contributed by atoms with van der Waals surface area (Å²) in [5.74, 6) is -4.41. The number of rotatable bonds is 9. The minimum atomic E-state index is -2.10. The zero-order valence-electron chi connectivity index (χ0n) is 28.1. The molecule has 4 fully saturated rings. The van der Waals surface area contributed by atoms with Crippen LogP contribution in [0.15, 0.2) is 12.3 Å². The van der Waals surface area contributed by atoms with E-state index in [9.17, 15) is 29.1 Å². The largest absolute Gasteiger partial charge is 0.472 e. The van der Waals surface area contributed by atoms with E-state index < -0.39 is 88.5 Å². The number of carbonyl (C=O) groups excluding carboxylic acids is 5. The van der Waals surface area contributed by atoms with Gasteiger partial charge in [0.15, 0.2) is 6.10 Å². The van der Waals surface area contributed by atoms with Gasteiger partial charge in [-0.3, -0.25) is 19.2 Å². The smallest absolute Gasteiger partial charge is 0.354 e. The van der Waals surface area contributed by atoms with Crippen LogP contribution in [0.2, 0.25) is 0 Å². The van der Waals surface area contributed by atoms with Crippen LogP contribution in [0.5, 0.6) is 0 Å². The van der Waals surface area contributed by atoms with E-state index in [0.717, 1.165) is 13.8 Å². The molecule has 0 radical (unpaired) electrons. The Morgan fingerprint density at radius 3 is 2.23 bits per heavy atom. The van der Waals surface area contributed by atoms with Gasteiger partial charge in [0.05, 0.1) is 30.5 Å². The highest BCUT2D eigenvalue weighted by Gasteiger charge is 2.82. The Bertz CT molecular complexity index is 1320. The molecule has 0 aromatic rings. The molecule has 2 saturated heterocycles. The highest BCUT2D eigenvalue weighted by Crippen LogP contribution is 2.70. The first-order valence-corrected chi connectivity index (χ1v) is 16.1. The number of epoxide rings is 1. The van der Waals surface area contributed by atoms with Crippen LogP contribution < -0.4 is 0 Å². The summed E-state index contributed by atoms with van der Waals surface area (Å²) >= 11 is 0. The van der Waals surface area contributed by atoms with Crippen molar-refractivity contribution in [1.82, 2.24) is 0 Å². The van der Waals surface area contributed by atoms with Gasteiger partial charge >= 0.3 is 29.8 Å². The monoisotopic (exact) mass is 666 g/mol. The lowest BCUT2D eigenvalue weighted by molar-refractivity contribution is -0.286. The molecule has 1 spiro atoms. The number of hydrogen-bond acceptors (Lipinski definition) is 14. The lowest BCUT2D eigenvalue weighted by Gasteiger charge is -2.65. The fourth-order valence-electron chi connectivity index (χ4n) is 8.78. The molecule has 2 aliphatic carbocycles. The molecular formula is C33H46O14. The molecule has 0 bridgehead atoms. The Morgan fingerprint density at radius 2 is 1.68 bits per heavy atom. The minimum absolute atomic E-state index is 0.0264. The van der Waals surface area contributed by atoms with Crippen molar-refractivity contribution in [3.8, 4) is 0 Å². The van der Waals surface area contributed by atoms with Crippen molar-refractivity contribution in [2.24, 2.45) is 28.6 Å². The average Bonchev–Trinajstić information content (AvgIpc) is 3.44. The van der Waals surface area contributed by atoms with Crippen LogP contribution in [0.25, 0.3) is 0 Å². The van der Waals surface area contributed by atoms with Crippen LogP contribution in [-0.2, 0) is 61.9 Å². The number of ether oxygens (including phenoxy) is 8. The number of esters is 5. The minimum Gasteiger partial charge on any atom is -0.472 e. The maximum absolute atomic E-state index is 14.0. The number of fused-ring (bicyclic) bond motifs is 3. The predicted octanol–water partition coefficient (Wildman–Crippen LogP) is 2.12. The Morgan fingerprint density at radius 1 is 1.00 bits per heavy atom. The van der Waals surface area contributed by atoms with Crippen LogP contribution in [0.4, 0.5) is 0 Å². The summed E-state index contributed by atoms with van der Waals surface area (Å²) in [4.78, 5) is 62.9. The fourth-order valence-corrected chi connectivity index (χ4v) is 8.78. The molecule has 3 heterocycles. The SMILES string of the molecule is CC(=O)OC[C@@]12[C@@H](OC(C)=O)C[C@@H](C)[C@](C)([C@@H]3C[C@H]4C=CO[C@H]4O3)[C@H]1C[C@@H](O)[C@H](OC(=O)[C@@](C)(OC(C)=O)[C@H](C)OC(C)=O)[C@]21CO1. The van der Waals surface area contributed by atoms with Crippen molar-refractivity contribution in [2.75, 3.05) is 13.2 Å². The predicted molar refractivity (Wildman–Crippen MR) is 158 cm³/mol. The molecule has 1 N–H and O–H groups in total. The van der Waals surface area contributed by atoms with Crippen LogP contribution in [0, 0.1) is 28.6 Å². The summed E-state index contributed by atoms with van der Waals surface area (Å²) < 4.78 is 46.8. The van der Waals surface area contributed by atoms with Gasteiger partial charge in [-0.25, -0.2) is 4.79 Å². The molecule has 0 aromatic carbocycles. The van der Waals surface area contributed by atoms with E-state index in [1.807, 2.05) is 13.0 Å². The van der Waals surface area contributed by atoms with E-state index in [4.69, 9.17) is 37.9 Å². The maximum Gasteiger partial charge on any atom is 0.354 e. The molecule has 47 heavy (non-hydrogen) atoms. The average molecular weight is 667 g/mol. The van der Waals surface area contributed by atoms with Gasteiger partial charge < -0.3 is 43.0 Å². The second-order valence-electron chi connectivity index (χ2n) is 14.1. The number of hydrogen-bond donors (Lipinski definition) is 1. The number of aliphatic hydroxyl groups excluding tert-OH is 1. The van der Waals surface area contributed by atoms with E-state index in [1.54, 1.807) is 6.26 Å². The normalized spacial score (nSPS) is 41.7. The van der Waals surface area contributed by atoms with Crippen molar-refractivity contribution in [1.29, 1.82) is 0 Å². The Labute approximate surface area is 273 Å². The molecule has 0 aromatic heterocycles. The molecule has 5 aliphatic rings. The highest BCUT2D eigenvalue weighted by atomic mass is 16.7. The molecule has 14 heteroatoms. The molecule has 14 nitrogen and oxygen atoms in total. The summed E-state index contributed by atoms with van der Waals surface area (Å²) in [5.41, 5.74) is -5.59. The van der Waals surface area contributed by atoms with Gasteiger partial charge in [0, 0.05) is 39.0 Å². The third-order valence-electron chi connectivity index (χ3n) is 11.4. The van der Waals surface area contributed by atoms with Gasteiger partial charge in [0.1, 0.15) is 24.4 Å². The van der Waals surface area contributed by atoms with E-state index in [-0.39, 0.29) is 37.6 Å². The standard InChI is InChI=1S/C33H46O14/c1-16-11-26(44-20(5)36)32(14-41-18(3)34)24(30(16,7)25-12-22-9-10-40-28(22)45-25)13-23(38)27(33(32)15-42-33)46-29(39)31(8,47-21(6)37)17(2)43-19(4)35/h9-10,16-17,22-28,38H,11-15H2,1-8H3/t16-,17+,22-,23-,24-,25+,26+,27+,28+,30+,31+,32+,33-/m1/s1. The van der Waals surface area contributed by atoms with Crippen molar-refractivity contribution in [3.05, 3.63) is 12.3 Å². The van der Waals surface area contributed by atoms with Gasteiger partial charge in [-0.05, 0) is 51.0 Å². The topological polar surface area (TPSA) is 183 Å². The van der Waals surface area contributed by atoms with E-state index in [0.29, 0.717) is 12.8 Å². The first-order chi connectivity index (χ1) is 21.9. The molecule has 13 atom stereocenters. The van der Waals surface area contributed by atoms with E-state index in [2.05, 4.69) is 6.92 Å². The quantitative estimate of drug-likeness (QED) is 0.215. The molecule has 3 aliphatic heterocycles. The maximum atomic E-state index is 14.0. The van der Waals surface area contributed by atoms with E-state index >= 15 is 0 Å². The third-order valence-corrected chi connectivity index (χ3v) is 11.4. The molecular weight excluding hydrogens is 620 g/mol. The zero-order chi connectivity index (χ0) is 34.7. The zero-order valence-corrected chi connectivity index (χ0v) is 28.1. The summed E-state index contributed by atoms with van der Waals surface area (Å²) in [6, 6.07) is 0. The molecule has 0 unspecified atom stereocenters. The molecule has 2 saturated carbocycles. The van der Waals surface area contributed by atoms with Crippen molar-refractivity contribution in [2.45, 2.75) is 123 Å². The summed E-state index contributed by atoms with van der Waals surface area (Å²) in [7, 11) is 0.